The van der Waals surface area contributed by atoms with E-state index in [4.69, 9.17) is 22.2 Å². The van der Waals surface area contributed by atoms with Crippen LogP contribution in [0.2, 0.25) is 0 Å². The van der Waals surface area contributed by atoms with Crippen LogP contribution in [0.15, 0.2) is 36.4 Å². The molecule has 0 unspecified atom stereocenters. The van der Waals surface area contributed by atoms with E-state index in [1.54, 1.807) is 0 Å². The van der Waals surface area contributed by atoms with Gasteiger partial charge in [-0.15, -0.1) is 0 Å². The van der Waals surface area contributed by atoms with Crippen molar-refractivity contribution in [3.05, 3.63) is 42.0 Å². The van der Waals surface area contributed by atoms with Gasteiger partial charge in [0, 0.05) is 32.2 Å². The Bertz CT molecular complexity index is 873. The summed E-state index contributed by atoms with van der Waals surface area (Å²) >= 11 is 5.60. The highest BCUT2D eigenvalue weighted by Gasteiger charge is 2.25. The Morgan fingerprint density at radius 2 is 1.61 bits per heavy atom. The second-order valence-electron chi connectivity index (χ2n) is 9.18. The first-order valence-corrected chi connectivity index (χ1v) is 11.9. The van der Waals surface area contributed by atoms with Crippen molar-refractivity contribution >= 4 is 34.9 Å². The molecule has 0 spiro atoms. The third-order valence-corrected chi connectivity index (χ3v) is 6.41. The van der Waals surface area contributed by atoms with Crippen LogP contribution in [0, 0.1) is 11.8 Å². The first-order valence-electron chi connectivity index (χ1n) is 11.5. The molecule has 31 heavy (non-hydrogen) atoms. The highest BCUT2D eigenvalue weighted by atomic mass is 32.1. The SMILES string of the molecule is C[C@@H]1C[C@@H](C)CN(c2cc(N3CCCC3)nc(NC(=S)N[C@H](C)c3ccccc3)n2)C1. The maximum atomic E-state index is 5.60. The number of thiocarbonyl (C=S) groups is 1. The van der Waals surface area contributed by atoms with Crippen LogP contribution in [0.5, 0.6) is 0 Å². The van der Waals surface area contributed by atoms with Gasteiger partial charge >= 0.3 is 0 Å². The molecule has 4 rings (SSSR count). The summed E-state index contributed by atoms with van der Waals surface area (Å²) in [6.45, 7) is 10.9. The molecule has 2 N–H and O–H groups in total. The molecule has 2 fully saturated rings. The Kier molecular flexibility index (Phi) is 6.90. The minimum atomic E-state index is 0.103. The van der Waals surface area contributed by atoms with E-state index in [1.807, 2.05) is 18.2 Å². The number of anilines is 3. The molecule has 0 amide bonds. The quantitative estimate of drug-likeness (QED) is 0.661. The molecule has 3 atom stereocenters. The van der Waals surface area contributed by atoms with E-state index in [9.17, 15) is 0 Å². The van der Waals surface area contributed by atoms with Crippen LogP contribution in [-0.4, -0.2) is 41.3 Å². The first kappa shape index (κ1) is 21.8. The van der Waals surface area contributed by atoms with E-state index < -0.39 is 0 Å². The summed E-state index contributed by atoms with van der Waals surface area (Å²) in [6, 6.07) is 12.6. The fourth-order valence-corrected chi connectivity index (χ4v) is 5.03. The molecule has 0 bridgehead atoms. The van der Waals surface area contributed by atoms with Crippen LogP contribution in [0.25, 0.3) is 0 Å². The van der Waals surface area contributed by atoms with E-state index in [2.05, 4.69) is 59.4 Å². The smallest absolute Gasteiger partial charge is 0.232 e. The van der Waals surface area contributed by atoms with Crippen LogP contribution in [0.1, 0.15) is 51.6 Å². The van der Waals surface area contributed by atoms with Gasteiger partial charge in [-0.1, -0.05) is 44.2 Å². The van der Waals surface area contributed by atoms with Gasteiger partial charge < -0.3 is 20.4 Å². The predicted molar refractivity (Wildman–Crippen MR) is 133 cm³/mol. The lowest BCUT2D eigenvalue weighted by Crippen LogP contribution is -2.39. The molecule has 1 aromatic carbocycles. The molecule has 0 aliphatic carbocycles. The topological polar surface area (TPSA) is 56.3 Å². The van der Waals surface area contributed by atoms with Crippen molar-refractivity contribution in [1.82, 2.24) is 15.3 Å². The summed E-state index contributed by atoms with van der Waals surface area (Å²) in [4.78, 5) is 14.5. The lowest BCUT2D eigenvalue weighted by molar-refractivity contribution is 0.355. The Balaban J connectivity index is 1.53. The van der Waals surface area contributed by atoms with E-state index >= 15 is 0 Å². The Morgan fingerprint density at radius 3 is 2.26 bits per heavy atom. The summed E-state index contributed by atoms with van der Waals surface area (Å²) in [5.74, 6) is 3.90. The number of nitrogens with one attached hydrogen (secondary N) is 2. The molecular weight excluding hydrogens is 404 g/mol. The van der Waals surface area contributed by atoms with Gasteiger partial charge in [-0.3, -0.25) is 0 Å². The molecule has 7 heteroatoms. The Labute approximate surface area is 191 Å². The summed E-state index contributed by atoms with van der Waals surface area (Å²) in [6.07, 6.45) is 3.71. The van der Waals surface area contributed by atoms with Crippen LogP contribution in [-0.2, 0) is 0 Å². The minimum Gasteiger partial charge on any atom is -0.356 e. The molecule has 166 valence electrons. The highest BCUT2D eigenvalue weighted by Crippen LogP contribution is 2.29. The number of piperidine rings is 1. The fraction of sp³-hybridized carbons (Fsp3) is 0.542. The minimum absolute atomic E-state index is 0.103. The van der Waals surface area contributed by atoms with Gasteiger partial charge in [0.15, 0.2) is 5.11 Å². The van der Waals surface area contributed by atoms with Gasteiger partial charge in [0.05, 0.1) is 6.04 Å². The van der Waals surface area contributed by atoms with Crippen molar-refractivity contribution in [3.63, 3.8) is 0 Å². The molecule has 0 radical (unpaired) electrons. The Morgan fingerprint density at radius 1 is 1.00 bits per heavy atom. The fourth-order valence-electron chi connectivity index (χ4n) is 4.76. The third-order valence-electron chi connectivity index (χ3n) is 6.19. The number of aromatic nitrogens is 2. The maximum absolute atomic E-state index is 5.60. The van der Waals surface area contributed by atoms with Gasteiger partial charge in [-0.25, -0.2) is 0 Å². The molecule has 3 heterocycles. The number of nitrogens with zero attached hydrogens (tertiary/aromatic N) is 4. The number of rotatable bonds is 5. The average Bonchev–Trinajstić information content (AvgIpc) is 3.28. The van der Waals surface area contributed by atoms with Crippen molar-refractivity contribution in [1.29, 1.82) is 0 Å². The van der Waals surface area contributed by atoms with Crippen LogP contribution >= 0.6 is 12.2 Å². The van der Waals surface area contributed by atoms with Crippen molar-refractivity contribution in [2.45, 2.75) is 46.1 Å². The standard InChI is InChI=1S/C24H34N6S/c1-17-13-18(2)16-30(15-17)22-14-21(29-11-7-8-12-29)26-23(27-22)28-24(31)25-19(3)20-9-5-4-6-10-20/h4-6,9-10,14,17-19H,7-8,11-13,15-16H2,1-3H3,(H2,25,26,27,28,31)/t17-,18-,19-/m1/s1. The second-order valence-corrected chi connectivity index (χ2v) is 9.59. The third kappa shape index (κ3) is 5.64. The first-order chi connectivity index (χ1) is 15.0. The molecule has 2 aliphatic heterocycles. The normalized spacial score (nSPS) is 22.3. The predicted octanol–water partition coefficient (Wildman–Crippen LogP) is 4.61. The van der Waals surface area contributed by atoms with E-state index in [-0.39, 0.29) is 6.04 Å². The van der Waals surface area contributed by atoms with Crippen molar-refractivity contribution < 1.29 is 0 Å². The summed E-state index contributed by atoms with van der Waals surface area (Å²) in [5.41, 5.74) is 1.19. The molecule has 2 aliphatic rings. The molecular formula is C24H34N6S. The summed E-state index contributed by atoms with van der Waals surface area (Å²) in [7, 11) is 0. The van der Waals surface area contributed by atoms with Gasteiger partial charge in [-0.2, -0.15) is 9.97 Å². The summed E-state index contributed by atoms with van der Waals surface area (Å²) in [5, 5.41) is 7.16. The Hall–Kier alpha value is -2.41. The lowest BCUT2D eigenvalue weighted by Gasteiger charge is -2.36. The zero-order chi connectivity index (χ0) is 21.8. The molecule has 0 saturated carbocycles. The van der Waals surface area contributed by atoms with Crippen molar-refractivity contribution in [2.75, 3.05) is 41.3 Å². The van der Waals surface area contributed by atoms with Crippen LogP contribution in [0.3, 0.4) is 0 Å². The largest absolute Gasteiger partial charge is 0.356 e. The highest BCUT2D eigenvalue weighted by molar-refractivity contribution is 7.80. The monoisotopic (exact) mass is 438 g/mol. The van der Waals surface area contributed by atoms with E-state index in [0.29, 0.717) is 22.9 Å². The van der Waals surface area contributed by atoms with Gasteiger partial charge in [0.2, 0.25) is 5.95 Å². The van der Waals surface area contributed by atoms with E-state index in [1.165, 1.54) is 24.8 Å². The zero-order valence-corrected chi connectivity index (χ0v) is 19.7. The van der Waals surface area contributed by atoms with Crippen LogP contribution < -0.4 is 20.4 Å². The van der Waals surface area contributed by atoms with E-state index in [0.717, 1.165) is 37.8 Å². The summed E-state index contributed by atoms with van der Waals surface area (Å²) < 4.78 is 0. The maximum Gasteiger partial charge on any atom is 0.232 e. The van der Waals surface area contributed by atoms with Gasteiger partial charge in [0.1, 0.15) is 11.6 Å². The van der Waals surface area contributed by atoms with Gasteiger partial charge in [-0.05, 0) is 55.8 Å². The van der Waals surface area contributed by atoms with Crippen LogP contribution in [0.4, 0.5) is 17.6 Å². The van der Waals surface area contributed by atoms with Crippen molar-refractivity contribution in [2.24, 2.45) is 11.8 Å². The molecule has 2 aromatic rings. The lowest BCUT2D eigenvalue weighted by atomic mass is 9.92. The van der Waals surface area contributed by atoms with Crippen molar-refractivity contribution in [3.8, 4) is 0 Å². The molecule has 6 nitrogen and oxygen atoms in total. The number of hydrogen-bond acceptors (Lipinski definition) is 5. The zero-order valence-electron chi connectivity index (χ0n) is 18.8. The number of hydrogen-bond donors (Lipinski definition) is 2. The van der Waals surface area contributed by atoms with Gasteiger partial charge in [0.25, 0.3) is 0 Å². The average molecular weight is 439 g/mol. The molecule has 2 saturated heterocycles. The number of benzene rings is 1. The second kappa shape index (κ2) is 9.81. The molecule has 1 aromatic heterocycles.